The van der Waals surface area contributed by atoms with Crippen molar-refractivity contribution in [3.8, 4) is 17.0 Å². The monoisotopic (exact) mass is 409 g/mol. The van der Waals surface area contributed by atoms with Crippen LogP contribution >= 0.6 is 11.3 Å². The number of nitrogens with one attached hydrogen (secondary N) is 1. The molecule has 1 aromatic carbocycles. The van der Waals surface area contributed by atoms with Crippen LogP contribution in [-0.4, -0.2) is 49.1 Å². The van der Waals surface area contributed by atoms with Crippen LogP contribution in [0.2, 0.25) is 0 Å². The van der Waals surface area contributed by atoms with Gasteiger partial charge in [-0.15, -0.1) is 11.3 Å². The minimum absolute atomic E-state index is 0.313. The summed E-state index contributed by atoms with van der Waals surface area (Å²) in [6.07, 6.45) is 1.66. The summed E-state index contributed by atoms with van der Waals surface area (Å²) in [5, 5.41) is 11.9. The van der Waals surface area contributed by atoms with Crippen molar-refractivity contribution in [1.82, 2.24) is 9.97 Å². The second kappa shape index (κ2) is 8.18. The molecule has 2 aromatic heterocycles. The number of ether oxygens (including phenoxy) is 2. The predicted octanol–water partition coefficient (Wildman–Crippen LogP) is 3.36. The second-order valence-corrected chi connectivity index (χ2v) is 7.79. The Kier molecular flexibility index (Phi) is 5.46. The molecule has 29 heavy (non-hydrogen) atoms. The van der Waals surface area contributed by atoms with Crippen LogP contribution in [0.5, 0.6) is 5.75 Å². The van der Waals surface area contributed by atoms with Gasteiger partial charge in [-0.1, -0.05) is 0 Å². The van der Waals surface area contributed by atoms with Gasteiger partial charge in [0.25, 0.3) is 0 Å². The third kappa shape index (κ3) is 3.81. The zero-order chi connectivity index (χ0) is 20.4. The van der Waals surface area contributed by atoms with Crippen LogP contribution in [0.4, 0.5) is 11.5 Å². The number of methoxy groups -OCH3 is 1. The summed E-state index contributed by atoms with van der Waals surface area (Å²) >= 11 is 1.57. The largest absolute Gasteiger partial charge is 0.495 e. The Morgan fingerprint density at radius 3 is 2.76 bits per heavy atom. The molecule has 0 atom stereocenters. The van der Waals surface area contributed by atoms with Gasteiger partial charge in [0, 0.05) is 35.8 Å². The molecule has 1 aliphatic heterocycles. The van der Waals surface area contributed by atoms with Gasteiger partial charge >= 0.3 is 0 Å². The lowest BCUT2D eigenvalue weighted by Crippen LogP contribution is -2.36. The number of rotatable bonds is 5. The highest BCUT2D eigenvalue weighted by atomic mass is 32.1. The number of pyridine rings is 1. The molecule has 3 N–H and O–H groups in total. The number of benzene rings is 1. The molecule has 0 aliphatic carbocycles. The topological polar surface area (TPSA) is 97.3 Å². The molecule has 3 heterocycles. The Labute approximate surface area is 173 Å². The van der Waals surface area contributed by atoms with Gasteiger partial charge < -0.3 is 20.1 Å². The average Bonchev–Trinajstić information content (AvgIpc) is 3.19. The van der Waals surface area contributed by atoms with E-state index in [-0.39, 0.29) is 0 Å². The number of morpholine rings is 1. The third-order valence-corrected chi connectivity index (χ3v) is 5.72. The van der Waals surface area contributed by atoms with Crippen molar-refractivity contribution in [2.75, 3.05) is 44.0 Å². The maximum Gasteiger partial charge on any atom is 0.142 e. The van der Waals surface area contributed by atoms with Gasteiger partial charge in [0.1, 0.15) is 11.6 Å². The summed E-state index contributed by atoms with van der Waals surface area (Å²) in [4.78, 5) is 11.0. The van der Waals surface area contributed by atoms with E-state index in [4.69, 9.17) is 20.6 Å². The molecule has 4 rings (SSSR count). The number of anilines is 2. The normalized spacial score (nSPS) is 14.1. The molecule has 0 bridgehead atoms. The summed E-state index contributed by atoms with van der Waals surface area (Å²) in [6, 6.07) is 7.62. The maximum absolute atomic E-state index is 8.92. The van der Waals surface area contributed by atoms with E-state index in [0.717, 1.165) is 46.4 Å². The lowest BCUT2D eigenvalue weighted by atomic mass is 9.96. The van der Waals surface area contributed by atoms with Crippen molar-refractivity contribution in [1.29, 1.82) is 5.41 Å². The molecule has 0 radical (unpaired) electrons. The van der Waals surface area contributed by atoms with Crippen molar-refractivity contribution in [2.45, 2.75) is 6.92 Å². The summed E-state index contributed by atoms with van der Waals surface area (Å²) in [7, 11) is 1.66. The van der Waals surface area contributed by atoms with E-state index >= 15 is 0 Å². The number of hydrogen-bond donors (Lipinski definition) is 2. The average molecular weight is 410 g/mol. The lowest BCUT2D eigenvalue weighted by molar-refractivity contribution is 0.122. The summed E-state index contributed by atoms with van der Waals surface area (Å²) in [6.45, 7) is 4.88. The molecule has 1 aliphatic rings. The molecule has 0 saturated carbocycles. The van der Waals surface area contributed by atoms with Crippen LogP contribution < -0.4 is 15.4 Å². The van der Waals surface area contributed by atoms with Crippen molar-refractivity contribution < 1.29 is 9.47 Å². The van der Waals surface area contributed by atoms with Crippen LogP contribution in [0.3, 0.4) is 0 Å². The van der Waals surface area contributed by atoms with Gasteiger partial charge in [-0.25, -0.2) is 9.97 Å². The fourth-order valence-electron chi connectivity index (χ4n) is 3.48. The van der Waals surface area contributed by atoms with E-state index in [0.29, 0.717) is 30.3 Å². The summed E-state index contributed by atoms with van der Waals surface area (Å²) < 4.78 is 11.0. The Balaban J connectivity index is 1.77. The summed E-state index contributed by atoms with van der Waals surface area (Å²) in [5.41, 5.74) is 10.4. The fraction of sp³-hybridized carbons (Fsp3) is 0.286. The van der Waals surface area contributed by atoms with Crippen LogP contribution in [0.15, 0.2) is 35.8 Å². The van der Waals surface area contributed by atoms with Gasteiger partial charge in [-0.3, -0.25) is 5.41 Å². The number of nitrogens with two attached hydrogens (primary N) is 1. The Bertz CT molecular complexity index is 1040. The first-order chi connectivity index (χ1) is 14.1. The van der Waals surface area contributed by atoms with E-state index in [2.05, 4.69) is 14.9 Å². The molecule has 0 amide bonds. The highest BCUT2D eigenvalue weighted by Gasteiger charge is 2.21. The molecule has 7 nitrogen and oxygen atoms in total. The molecule has 0 spiro atoms. The smallest absolute Gasteiger partial charge is 0.142 e. The quantitative estimate of drug-likeness (QED) is 0.627. The van der Waals surface area contributed by atoms with Crippen LogP contribution in [0.1, 0.15) is 16.1 Å². The molecule has 3 aromatic rings. The zero-order valence-electron chi connectivity index (χ0n) is 16.4. The maximum atomic E-state index is 8.92. The molecule has 1 fully saturated rings. The number of thiazole rings is 1. The predicted molar refractivity (Wildman–Crippen MR) is 116 cm³/mol. The zero-order valence-corrected chi connectivity index (χ0v) is 17.3. The minimum Gasteiger partial charge on any atom is -0.495 e. The van der Waals surface area contributed by atoms with Crippen molar-refractivity contribution >= 4 is 28.6 Å². The van der Waals surface area contributed by atoms with Crippen LogP contribution in [0, 0.1) is 12.3 Å². The number of nitrogen functional groups attached to an aromatic ring is 1. The van der Waals surface area contributed by atoms with Crippen molar-refractivity contribution in [3.05, 3.63) is 52.0 Å². The van der Waals surface area contributed by atoms with E-state index in [1.807, 2.05) is 36.6 Å². The van der Waals surface area contributed by atoms with E-state index in [1.54, 1.807) is 24.6 Å². The first-order valence-electron chi connectivity index (χ1n) is 9.35. The van der Waals surface area contributed by atoms with E-state index < -0.39 is 0 Å². The highest BCUT2D eigenvalue weighted by Crippen LogP contribution is 2.33. The number of aromatic nitrogens is 2. The summed E-state index contributed by atoms with van der Waals surface area (Å²) in [5.74, 6) is 1.10. The standard InChI is InChI=1S/C21H23N5O2S/c1-13-25-16(12-29-13)15-5-6-24-21(23)19(15)20(22)14-3-4-18(27-2)17(11-14)26-7-9-28-10-8-26/h3-6,11-12,22H,7-10H2,1-2H3,(H2,23,24). The molecule has 150 valence electrons. The highest BCUT2D eigenvalue weighted by molar-refractivity contribution is 7.09. The molecule has 1 saturated heterocycles. The van der Waals surface area contributed by atoms with Crippen LogP contribution in [-0.2, 0) is 4.74 Å². The molecular weight excluding hydrogens is 386 g/mol. The van der Waals surface area contributed by atoms with Crippen LogP contribution in [0.25, 0.3) is 11.3 Å². The molecule has 8 heteroatoms. The van der Waals surface area contributed by atoms with Gasteiger partial charge in [0.05, 0.1) is 48.0 Å². The molecular formula is C21H23N5O2S. The Morgan fingerprint density at radius 1 is 1.28 bits per heavy atom. The van der Waals surface area contributed by atoms with Gasteiger partial charge in [-0.05, 0) is 31.2 Å². The van der Waals surface area contributed by atoms with Crippen molar-refractivity contribution in [3.63, 3.8) is 0 Å². The van der Waals surface area contributed by atoms with E-state index in [1.165, 1.54) is 0 Å². The number of aryl methyl sites for hydroxylation is 1. The Morgan fingerprint density at radius 2 is 2.07 bits per heavy atom. The Hall–Kier alpha value is -2.97. The molecule has 0 unspecified atom stereocenters. The SMILES string of the molecule is COc1ccc(C(=N)c2c(-c3csc(C)n3)ccnc2N)cc1N1CCOCC1. The number of nitrogens with zero attached hydrogens (tertiary/aromatic N) is 3. The lowest BCUT2D eigenvalue weighted by Gasteiger charge is -2.30. The first kappa shape index (κ1) is 19.4. The van der Waals surface area contributed by atoms with E-state index in [9.17, 15) is 0 Å². The minimum atomic E-state index is 0.313. The van der Waals surface area contributed by atoms with Gasteiger partial charge in [-0.2, -0.15) is 0 Å². The number of hydrogen-bond acceptors (Lipinski definition) is 8. The second-order valence-electron chi connectivity index (χ2n) is 6.73. The van der Waals surface area contributed by atoms with Gasteiger partial charge in [0.2, 0.25) is 0 Å². The van der Waals surface area contributed by atoms with Gasteiger partial charge in [0.15, 0.2) is 0 Å². The third-order valence-electron chi connectivity index (χ3n) is 4.94. The first-order valence-corrected chi connectivity index (χ1v) is 10.2. The van der Waals surface area contributed by atoms with Crippen molar-refractivity contribution in [2.24, 2.45) is 0 Å². The fourth-order valence-corrected chi connectivity index (χ4v) is 4.10.